The molecule has 2 heterocycles. The normalized spacial score (nSPS) is 14.0. The van der Waals surface area contributed by atoms with E-state index in [1.165, 1.54) is 4.52 Å². The first-order chi connectivity index (χ1) is 10.8. The molecule has 0 saturated heterocycles. The average molecular weight is 295 g/mol. The number of rotatable bonds is 2. The number of nitrogens with zero attached hydrogens (tertiary/aromatic N) is 3. The second-order valence-electron chi connectivity index (χ2n) is 5.56. The van der Waals surface area contributed by atoms with Crippen LogP contribution < -0.4 is 11.0 Å². The smallest absolute Gasteiger partial charge is 0.348 e. The molecule has 1 aliphatic rings. The van der Waals surface area contributed by atoms with E-state index in [9.17, 15) is 4.79 Å². The molecule has 0 spiro atoms. The molecule has 0 atom stereocenters. The lowest BCUT2D eigenvalue weighted by Crippen LogP contribution is -2.23. The van der Waals surface area contributed by atoms with Crippen molar-refractivity contribution in [2.75, 3.05) is 12.4 Å². The summed E-state index contributed by atoms with van der Waals surface area (Å²) in [7, 11) is 1.86. The number of hydrogen-bond donors (Lipinski definition) is 2. The lowest BCUT2D eigenvalue weighted by Gasteiger charge is -2.14. The Morgan fingerprint density at radius 2 is 2.05 bits per heavy atom. The summed E-state index contributed by atoms with van der Waals surface area (Å²) in [5.74, 6) is 0.578. The molecule has 1 aromatic carbocycles. The average Bonchev–Trinajstić information content (AvgIpc) is 3.01. The Morgan fingerprint density at radius 3 is 2.91 bits per heavy atom. The number of aromatic nitrogens is 4. The van der Waals surface area contributed by atoms with Crippen molar-refractivity contribution in [1.82, 2.24) is 19.6 Å². The molecular formula is C16H17N5O. The van der Waals surface area contributed by atoms with Crippen molar-refractivity contribution in [2.45, 2.75) is 25.7 Å². The van der Waals surface area contributed by atoms with E-state index in [4.69, 9.17) is 0 Å². The molecule has 0 unspecified atom stereocenters. The van der Waals surface area contributed by atoms with Gasteiger partial charge in [0.05, 0.1) is 0 Å². The van der Waals surface area contributed by atoms with Gasteiger partial charge in [0, 0.05) is 29.6 Å². The van der Waals surface area contributed by atoms with E-state index in [-0.39, 0.29) is 5.69 Å². The van der Waals surface area contributed by atoms with E-state index in [0.29, 0.717) is 11.5 Å². The number of anilines is 1. The number of aromatic amines is 1. The first kappa shape index (κ1) is 13.1. The minimum absolute atomic E-state index is 0.212. The Labute approximate surface area is 127 Å². The van der Waals surface area contributed by atoms with Crippen molar-refractivity contribution in [3.8, 4) is 11.4 Å². The third-order valence-corrected chi connectivity index (χ3v) is 4.23. The van der Waals surface area contributed by atoms with E-state index in [1.807, 2.05) is 31.3 Å². The van der Waals surface area contributed by atoms with Gasteiger partial charge in [-0.05, 0) is 37.8 Å². The molecule has 112 valence electrons. The maximum absolute atomic E-state index is 12.2. The van der Waals surface area contributed by atoms with Crippen LogP contribution in [-0.4, -0.2) is 26.6 Å². The first-order valence-corrected chi connectivity index (χ1v) is 7.56. The quantitative estimate of drug-likeness (QED) is 0.758. The van der Waals surface area contributed by atoms with E-state index >= 15 is 0 Å². The summed E-state index contributed by atoms with van der Waals surface area (Å²) in [6.07, 6.45) is 4.10. The Hall–Kier alpha value is -2.63. The van der Waals surface area contributed by atoms with Gasteiger partial charge >= 0.3 is 5.69 Å². The number of benzene rings is 1. The molecule has 2 N–H and O–H groups in total. The van der Waals surface area contributed by atoms with E-state index in [2.05, 4.69) is 20.4 Å². The molecule has 0 aliphatic heterocycles. The van der Waals surface area contributed by atoms with Crippen molar-refractivity contribution >= 4 is 11.3 Å². The maximum Gasteiger partial charge on any atom is 0.348 e. The van der Waals surface area contributed by atoms with Gasteiger partial charge in [-0.2, -0.15) is 4.52 Å². The zero-order valence-corrected chi connectivity index (χ0v) is 12.4. The van der Waals surface area contributed by atoms with Gasteiger partial charge in [0.1, 0.15) is 0 Å². The predicted octanol–water partition coefficient (Wildman–Crippen LogP) is 2.01. The van der Waals surface area contributed by atoms with Crippen molar-refractivity contribution in [2.24, 2.45) is 0 Å². The summed E-state index contributed by atoms with van der Waals surface area (Å²) in [4.78, 5) is 19.9. The number of H-pyrrole nitrogens is 1. The van der Waals surface area contributed by atoms with E-state index in [0.717, 1.165) is 48.2 Å². The highest BCUT2D eigenvalue weighted by molar-refractivity contribution is 5.74. The largest absolute Gasteiger partial charge is 0.388 e. The molecule has 3 aromatic rings. The fraction of sp³-hybridized carbons (Fsp3) is 0.312. The molecule has 0 amide bonds. The van der Waals surface area contributed by atoms with Crippen molar-refractivity contribution in [1.29, 1.82) is 0 Å². The lowest BCUT2D eigenvalue weighted by atomic mass is 9.97. The minimum atomic E-state index is -0.212. The summed E-state index contributed by atoms with van der Waals surface area (Å²) in [5.41, 5.74) is 4.48. The third kappa shape index (κ3) is 1.91. The standard InChI is InChI=1S/C16H17N5O/c1-17-12-8-4-2-6-10(12)14-19-15-11-7-3-5-9-13(11)18-16(22)21(15)20-14/h2,4,6,8,17H,3,5,7,9H2,1H3,(H,18,22). The minimum Gasteiger partial charge on any atom is -0.388 e. The molecule has 0 fully saturated rings. The van der Waals surface area contributed by atoms with Gasteiger partial charge in [0.2, 0.25) is 0 Å². The zero-order chi connectivity index (χ0) is 15.1. The second-order valence-corrected chi connectivity index (χ2v) is 5.56. The first-order valence-electron chi connectivity index (χ1n) is 7.56. The fourth-order valence-corrected chi connectivity index (χ4v) is 3.13. The molecule has 6 nitrogen and oxygen atoms in total. The van der Waals surface area contributed by atoms with Crippen LogP contribution in [0.5, 0.6) is 0 Å². The number of para-hydroxylation sites is 1. The van der Waals surface area contributed by atoms with Gasteiger partial charge in [-0.25, -0.2) is 9.78 Å². The van der Waals surface area contributed by atoms with Crippen LogP contribution in [0.3, 0.4) is 0 Å². The molecule has 4 rings (SSSR count). The number of fused-ring (bicyclic) bond motifs is 3. The van der Waals surface area contributed by atoms with E-state index in [1.54, 1.807) is 0 Å². The summed E-state index contributed by atoms with van der Waals surface area (Å²) in [5, 5.41) is 7.56. The molecule has 1 aliphatic carbocycles. The van der Waals surface area contributed by atoms with Gasteiger partial charge in [0.15, 0.2) is 11.5 Å². The van der Waals surface area contributed by atoms with Crippen LogP contribution >= 0.6 is 0 Å². The summed E-state index contributed by atoms with van der Waals surface area (Å²) >= 11 is 0. The van der Waals surface area contributed by atoms with Crippen molar-refractivity contribution in [3.05, 3.63) is 46.0 Å². The number of hydrogen-bond acceptors (Lipinski definition) is 4. The van der Waals surface area contributed by atoms with Crippen LogP contribution in [-0.2, 0) is 12.8 Å². The molecule has 0 saturated carbocycles. The highest BCUT2D eigenvalue weighted by Crippen LogP contribution is 2.27. The predicted molar refractivity (Wildman–Crippen MR) is 85.2 cm³/mol. The van der Waals surface area contributed by atoms with Gasteiger partial charge in [-0.15, -0.1) is 5.10 Å². The Balaban J connectivity index is 1.98. The molecule has 0 radical (unpaired) electrons. The van der Waals surface area contributed by atoms with Gasteiger partial charge in [-0.3, -0.25) is 0 Å². The van der Waals surface area contributed by atoms with Crippen molar-refractivity contribution in [3.63, 3.8) is 0 Å². The van der Waals surface area contributed by atoms with Gasteiger partial charge < -0.3 is 10.3 Å². The highest BCUT2D eigenvalue weighted by atomic mass is 16.1. The molecule has 0 bridgehead atoms. The molecule has 2 aromatic heterocycles. The van der Waals surface area contributed by atoms with Crippen LogP contribution in [0.15, 0.2) is 29.1 Å². The maximum atomic E-state index is 12.2. The summed E-state index contributed by atoms with van der Waals surface area (Å²) in [6, 6.07) is 7.84. The topological polar surface area (TPSA) is 75.1 Å². The SMILES string of the molecule is CNc1ccccc1-c1nc2c3c([nH]c(=O)n2n1)CCCC3. The number of aryl methyl sites for hydroxylation is 2. The monoisotopic (exact) mass is 295 g/mol. The third-order valence-electron chi connectivity index (χ3n) is 4.23. The summed E-state index contributed by atoms with van der Waals surface area (Å²) in [6.45, 7) is 0. The second kappa shape index (κ2) is 4.98. The van der Waals surface area contributed by atoms with Crippen LogP contribution in [0.25, 0.3) is 17.0 Å². The van der Waals surface area contributed by atoms with E-state index < -0.39 is 0 Å². The Kier molecular flexibility index (Phi) is 2.96. The van der Waals surface area contributed by atoms with Crippen LogP contribution in [0.1, 0.15) is 24.1 Å². The lowest BCUT2D eigenvalue weighted by molar-refractivity contribution is 0.654. The summed E-state index contributed by atoms with van der Waals surface area (Å²) < 4.78 is 1.39. The van der Waals surface area contributed by atoms with Crippen LogP contribution in [0, 0.1) is 0 Å². The van der Waals surface area contributed by atoms with Gasteiger partial charge in [-0.1, -0.05) is 12.1 Å². The van der Waals surface area contributed by atoms with Crippen LogP contribution in [0.2, 0.25) is 0 Å². The van der Waals surface area contributed by atoms with Crippen molar-refractivity contribution < 1.29 is 0 Å². The van der Waals surface area contributed by atoms with Gasteiger partial charge in [0.25, 0.3) is 0 Å². The number of nitrogens with one attached hydrogen (secondary N) is 2. The Morgan fingerprint density at radius 1 is 1.23 bits per heavy atom. The molecule has 22 heavy (non-hydrogen) atoms. The van der Waals surface area contributed by atoms with Crippen LogP contribution in [0.4, 0.5) is 5.69 Å². The highest BCUT2D eigenvalue weighted by Gasteiger charge is 2.19. The molecule has 6 heteroatoms. The Bertz CT molecular complexity index is 909. The zero-order valence-electron chi connectivity index (χ0n) is 12.4. The molecular weight excluding hydrogens is 278 g/mol. The fourth-order valence-electron chi connectivity index (χ4n) is 3.13.